The third-order valence-electron chi connectivity index (χ3n) is 3.53. The van der Waals surface area contributed by atoms with Gasteiger partial charge in [-0.25, -0.2) is 9.18 Å². The number of fused-ring (bicyclic) bond motifs is 1. The van der Waals surface area contributed by atoms with Crippen LogP contribution in [0.3, 0.4) is 0 Å². The van der Waals surface area contributed by atoms with Crippen LogP contribution in [0.5, 0.6) is 0 Å². The zero-order valence-electron chi connectivity index (χ0n) is 11.0. The first-order valence-corrected chi connectivity index (χ1v) is 7.31. The Morgan fingerprint density at radius 2 is 2.14 bits per heavy atom. The molecule has 1 aliphatic heterocycles. The molecule has 0 spiro atoms. The Bertz CT molecular complexity index is 712. The number of hydrogen-bond acceptors (Lipinski definition) is 3. The van der Waals surface area contributed by atoms with Crippen LogP contribution in [0.15, 0.2) is 35.7 Å². The third kappa shape index (κ3) is 2.42. The standard InChI is InChI=1S/C15H12FNO3S/c16-10-3-1-2-9(8-10)14(18)17-6-4-12-11(5-7-21-12)13(17)15(19)20/h1-3,5,7-8,13H,4,6H2,(H,19,20). The van der Waals surface area contributed by atoms with Crippen molar-refractivity contribution in [3.05, 3.63) is 57.5 Å². The summed E-state index contributed by atoms with van der Waals surface area (Å²) in [6, 6.07) is 6.05. The number of carboxylic acids is 1. The molecule has 1 aromatic heterocycles. The Morgan fingerprint density at radius 1 is 1.33 bits per heavy atom. The van der Waals surface area contributed by atoms with Gasteiger partial charge in [0.05, 0.1) is 0 Å². The van der Waals surface area contributed by atoms with Gasteiger partial charge in [0, 0.05) is 17.0 Å². The van der Waals surface area contributed by atoms with Gasteiger partial charge in [-0.2, -0.15) is 0 Å². The number of carboxylic acid groups (broad SMARTS) is 1. The van der Waals surface area contributed by atoms with E-state index in [1.165, 1.54) is 34.4 Å². The van der Waals surface area contributed by atoms with Crippen LogP contribution < -0.4 is 0 Å². The minimum absolute atomic E-state index is 0.167. The van der Waals surface area contributed by atoms with Crippen molar-refractivity contribution in [3.63, 3.8) is 0 Å². The van der Waals surface area contributed by atoms with E-state index in [-0.39, 0.29) is 5.56 Å². The van der Waals surface area contributed by atoms with Crippen LogP contribution in [-0.4, -0.2) is 28.4 Å². The summed E-state index contributed by atoms with van der Waals surface area (Å²) in [4.78, 5) is 26.4. The Labute approximate surface area is 124 Å². The molecule has 1 N–H and O–H groups in total. The third-order valence-corrected chi connectivity index (χ3v) is 4.53. The normalized spacial score (nSPS) is 17.4. The van der Waals surface area contributed by atoms with Crippen LogP contribution >= 0.6 is 11.3 Å². The molecule has 0 radical (unpaired) electrons. The van der Waals surface area contributed by atoms with Crippen LogP contribution in [0.25, 0.3) is 0 Å². The van der Waals surface area contributed by atoms with E-state index in [9.17, 15) is 19.1 Å². The van der Waals surface area contributed by atoms with Crippen LogP contribution in [0.4, 0.5) is 4.39 Å². The van der Waals surface area contributed by atoms with E-state index in [0.29, 0.717) is 18.5 Å². The van der Waals surface area contributed by atoms with E-state index in [1.54, 1.807) is 6.07 Å². The van der Waals surface area contributed by atoms with E-state index < -0.39 is 23.7 Å². The Hall–Kier alpha value is -2.21. The average molecular weight is 305 g/mol. The van der Waals surface area contributed by atoms with Crippen molar-refractivity contribution in [2.45, 2.75) is 12.5 Å². The average Bonchev–Trinajstić information content (AvgIpc) is 2.93. The summed E-state index contributed by atoms with van der Waals surface area (Å²) >= 11 is 1.50. The predicted octanol–water partition coefficient (Wildman–Crippen LogP) is 2.71. The number of aliphatic carboxylic acids is 1. The summed E-state index contributed by atoms with van der Waals surface area (Å²) in [5.74, 6) is -2.04. The molecule has 1 aliphatic rings. The van der Waals surface area contributed by atoms with E-state index >= 15 is 0 Å². The van der Waals surface area contributed by atoms with E-state index in [1.807, 2.05) is 5.38 Å². The second kappa shape index (κ2) is 5.29. The van der Waals surface area contributed by atoms with E-state index in [0.717, 1.165) is 10.9 Å². The quantitative estimate of drug-likeness (QED) is 0.928. The van der Waals surface area contributed by atoms with Gasteiger partial charge in [-0.05, 0) is 41.6 Å². The number of halogens is 1. The second-order valence-electron chi connectivity index (χ2n) is 4.80. The highest BCUT2D eigenvalue weighted by Gasteiger charge is 2.36. The molecule has 0 aliphatic carbocycles. The van der Waals surface area contributed by atoms with Crippen molar-refractivity contribution >= 4 is 23.2 Å². The molecule has 6 heteroatoms. The molecular weight excluding hydrogens is 293 g/mol. The maximum Gasteiger partial charge on any atom is 0.331 e. The molecule has 1 aromatic carbocycles. The molecule has 2 heterocycles. The van der Waals surface area contributed by atoms with Gasteiger partial charge in [-0.1, -0.05) is 6.07 Å². The molecule has 4 nitrogen and oxygen atoms in total. The molecule has 0 fully saturated rings. The molecule has 2 aromatic rings. The minimum Gasteiger partial charge on any atom is -0.479 e. The highest BCUT2D eigenvalue weighted by Crippen LogP contribution is 2.34. The molecular formula is C15H12FNO3S. The van der Waals surface area contributed by atoms with E-state index in [4.69, 9.17) is 0 Å². The Kier molecular flexibility index (Phi) is 3.47. The van der Waals surface area contributed by atoms with Gasteiger partial charge in [-0.3, -0.25) is 4.79 Å². The van der Waals surface area contributed by atoms with Crippen LogP contribution in [0, 0.1) is 5.82 Å². The molecule has 1 atom stereocenters. The zero-order chi connectivity index (χ0) is 15.0. The Balaban J connectivity index is 1.98. The van der Waals surface area contributed by atoms with Gasteiger partial charge in [0.25, 0.3) is 5.91 Å². The first kappa shape index (κ1) is 13.8. The summed E-state index contributed by atoms with van der Waals surface area (Å²) in [5, 5.41) is 11.3. The summed E-state index contributed by atoms with van der Waals surface area (Å²) in [5.41, 5.74) is 0.823. The monoisotopic (exact) mass is 305 g/mol. The lowest BCUT2D eigenvalue weighted by Crippen LogP contribution is -2.43. The van der Waals surface area contributed by atoms with Crippen LogP contribution in [0.2, 0.25) is 0 Å². The lowest BCUT2D eigenvalue weighted by atomic mass is 9.99. The van der Waals surface area contributed by atoms with Crippen molar-refractivity contribution in [1.82, 2.24) is 4.90 Å². The molecule has 0 bridgehead atoms. The topological polar surface area (TPSA) is 57.6 Å². The molecule has 3 rings (SSSR count). The van der Waals surface area contributed by atoms with Gasteiger partial charge in [-0.15, -0.1) is 11.3 Å². The zero-order valence-corrected chi connectivity index (χ0v) is 11.8. The maximum absolute atomic E-state index is 13.3. The highest BCUT2D eigenvalue weighted by molar-refractivity contribution is 7.10. The molecule has 1 amide bonds. The number of thiophene rings is 1. The lowest BCUT2D eigenvalue weighted by Gasteiger charge is -2.33. The van der Waals surface area contributed by atoms with E-state index in [2.05, 4.69) is 0 Å². The number of nitrogens with zero attached hydrogens (tertiary/aromatic N) is 1. The van der Waals surface area contributed by atoms with Crippen LogP contribution in [-0.2, 0) is 11.2 Å². The number of rotatable bonds is 2. The first-order valence-electron chi connectivity index (χ1n) is 6.43. The fourth-order valence-corrected chi connectivity index (χ4v) is 3.49. The van der Waals surface area contributed by atoms with Crippen molar-refractivity contribution in [2.24, 2.45) is 0 Å². The predicted molar refractivity (Wildman–Crippen MR) is 75.8 cm³/mol. The molecule has 0 saturated carbocycles. The second-order valence-corrected chi connectivity index (χ2v) is 5.80. The number of carbonyl (C=O) groups is 2. The van der Waals surface area contributed by atoms with Gasteiger partial charge in [0.2, 0.25) is 0 Å². The van der Waals surface area contributed by atoms with Crippen molar-refractivity contribution in [2.75, 3.05) is 6.54 Å². The number of carbonyl (C=O) groups excluding carboxylic acids is 1. The summed E-state index contributed by atoms with van der Waals surface area (Å²) in [6.45, 7) is 0.319. The fourth-order valence-electron chi connectivity index (χ4n) is 2.59. The summed E-state index contributed by atoms with van der Waals surface area (Å²) in [6.07, 6.45) is 0.623. The van der Waals surface area contributed by atoms with Crippen LogP contribution in [0.1, 0.15) is 26.8 Å². The van der Waals surface area contributed by atoms with Crippen molar-refractivity contribution in [3.8, 4) is 0 Å². The van der Waals surface area contributed by atoms with Gasteiger partial charge in [0.15, 0.2) is 6.04 Å². The van der Waals surface area contributed by atoms with Crippen molar-refractivity contribution in [1.29, 1.82) is 0 Å². The summed E-state index contributed by atoms with van der Waals surface area (Å²) < 4.78 is 13.3. The number of hydrogen-bond donors (Lipinski definition) is 1. The van der Waals surface area contributed by atoms with Crippen molar-refractivity contribution < 1.29 is 19.1 Å². The van der Waals surface area contributed by atoms with Gasteiger partial charge >= 0.3 is 5.97 Å². The van der Waals surface area contributed by atoms with Gasteiger partial charge in [0.1, 0.15) is 5.82 Å². The SMILES string of the molecule is O=C(O)C1c2ccsc2CCN1C(=O)c1cccc(F)c1. The summed E-state index contributed by atoms with van der Waals surface area (Å²) in [7, 11) is 0. The highest BCUT2D eigenvalue weighted by atomic mass is 32.1. The molecule has 21 heavy (non-hydrogen) atoms. The number of benzene rings is 1. The molecule has 0 saturated heterocycles. The fraction of sp³-hybridized carbons (Fsp3) is 0.200. The number of amides is 1. The smallest absolute Gasteiger partial charge is 0.331 e. The maximum atomic E-state index is 13.3. The minimum atomic E-state index is -1.07. The first-order chi connectivity index (χ1) is 10.1. The molecule has 108 valence electrons. The lowest BCUT2D eigenvalue weighted by molar-refractivity contribution is -0.142. The largest absolute Gasteiger partial charge is 0.479 e. The molecule has 1 unspecified atom stereocenters. The van der Waals surface area contributed by atoms with Gasteiger partial charge < -0.3 is 10.0 Å². The Morgan fingerprint density at radius 3 is 2.86 bits per heavy atom.